The molecule has 1 aliphatic heterocycles. The van der Waals surface area contributed by atoms with Gasteiger partial charge in [0.25, 0.3) is 0 Å². The number of carbonyl (C=O) groups is 2. The number of cyclic esters (lactones) is 1. The predicted molar refractivity (Wildman–Crippen MR) is 115 cm³/mol. The Morgan fingerprint density at radius 1 is 1.53 bits per heavy atom. The fraction of sp³-hybridized carbons (Fsp3) is 0.760. The van der Waals surface area contributed by atoms with Crippen LogP contribution in [0.5, 0.6) is 0 Å². The lowest BCUT2D eigenvalue weighted by atomic mass is 9.65. The summed E-state index contributed by atoms with van der Waals surface area (Å²) in [7, 11) is 0. The number of hydrogen-bond donors (Lipinski definition) is 1. The van der Waals surface area contributed by atoms with E-state index in [1.165, 1.54) is 13.8 Å². The summed E-state index contributed by atoms with van der Waals surface area (Å²) in [5, 5.41) is 10.0. The zero-order valence-corrected chi connectivity index (χ0v) is 17.5. The molecule has 0 amide bonds. The standard InChI is InChI=1S/C25H38O5/c1-6-25(4,5)24(28)30-21-12-15(2)11-17-8-7-16(3)20(23(17)21)10-9-19-13-18(26)14-22(27)29-19/h7-8,11,15-16,18-21,23,26H,6,9-10,12-14H2,1-5H3/t15-,16-,18+,19?,20-,21?,23-/m0/s1/i2D3,4D3,7D,8D,11D,12D2,15D,16D/t15-,16-,18+,19?,20-,21?,23-,25?. The Morgan fingerprint density at radius 2 is 2.33 bits per heavy atom. The maximum atomic E-state index is 13.6. The molecule has 0 aromatic heterocycles. The third kappa shape index (κ3) is 5.16. The fourth-order valence-corrected chi connectivity index (χ4v) is 3.98. The van der Waals surface area contributed by atoms with Crippen molar-refractivity contribution in [1.29, 1.82) is 0 Å². The average molecular weight is 432 g/mol. The molecular formula is C25H38O5. The summed E-state index contributed by atoms with van der Waals surface area (Å²) >= 11 is 0. The lowest BCUT2D eigenvalue weighted by molar-refractivity contribution is -0.166. The summed E-state index contributed by atoms with van der Waals surface area (Å²) in [6, 6.07) is -2.55. The van der Waals surface area contributed by atoms with Crippen molar-refractivity contribution in [2.75, 3.05) is 0 Å². The zero-order chi connectivity index (χ0) is 33.3. The molecule has 3 unspecified atom stereocenters. The molecule has 1 heterocycles. The summed E-state index contributed by atoms with van der Waals surface area (Å²) < 4.78 is 121. The second-order valence-electron chi connectivity index (χ2n) is 8.42. The minimum absolute atomic E-state index is 0.0173. The van der Waals surface area contributed by atoms with Crippen LogP contribution in [0.3, 0.4) is 0 Å². The van der Waals surface area contributed by atoms with Crippen molar-refractivity contribution < 1.29 is 42.0 Å². The lowest BCUT2D eigenvalue weighted by Crippen LogP contribution is -2.43. The average Bonchev–Trinajstić information content (AvgIpc) is 2.85. The number of aliphatic hydroxyl groups excluding tert-OH is 1. The number of esters is 2. The molecule has 3 rings (SSSR count). The molecule has 0 aromatic rings. The van der Waals surface area contributed by atoms with Gasteiger partial charge in [-0.2, -0.15) is 0 Å². The number of aliphatic hydroxyl groups is 1. The summed E-state index contributed by atoms with van der Waals surface area (Å²) in [5.41, 5.74) is -2.73. The molecule has 1 N–H and O–H groups in total. The molecule has 0 bridgehead atoms. The van der Waals surface area contributed by atoms with Crippen molar-refractivity contribution in [3.8, 4) is 0 Å². The monoisotopic (exact) mass is 431 g/mol. The number of allylic oxidation sites excluding steroid dienone is 3. The van der Waals surface area contributed by atoms with Crippen LogP contribution in [0.25, 0.3) is 0 Å². The molecule has 8 atom stereocenters. The third-order valence-electron chi connectivity index (χ3n) is 6.02. The van der Waals surface area contributed by atoms with Gasteiger partial charge in [0.1, 0.15) is 12.2 Å². The molecule has 0 aromatic carbocycles. The van der Waals surface area contributed by atoms with Crippen LogP contribution < -0.4 is 0 Å². The smallest absolute Gasteiger partial charge is 0.311 e. The van der Waals surface area contributed by atoms with Crippen LogP contribution >= 0.6 is 0 Å². The molecule has 5 heteroatoms. The van der Waals surface area contributed by atoms with E-state index in [0.717, 1.165) is 6.92 Å². The van der Waals surface area contributed by atoms with Gasteiger partial charge in [0.05, 0.1) is 22.1 Å². The summed E-state index contributed by atoms with van der Waals surface area (Å²) in [6.45, 7) is -2.73. The van der Waals surface area contributed by atoms with Gasteiger partial charge in [0.2, 0.25) is 0 Å². The van der Waals surface area contributed by atoms with Gasteiger partial charge >= 0.3 is 11.9 Å². The lowest BCUT2D eigenvalue weighted by Gasteiger charge is -2.44. The first-order valence-corrected chi connectivity index (χ1v) is 10.3. The van der Waals surface area contributed by atoms with Gasteiger partial charge in [-0.1, -0.05) is 38.9 Å². The zero-order valence-electron chi connectivity index (χ0n) is 30.5. The van der Waals surface area contributed by atoms with Gasteiger partial charge in [-0.05, 0) is 62.7 Å². The van der Waals surface area contributed by atoms with E-state index in [2.05, 4.69) is 0 Å². The van der Waals surface area contributed by atoms with E-state index in [1.54, 1.807) is 0 Å². The molecule has 1 fully saturated rings. The maximum absolute atomic E-state index is 13.6. The molecule has 0 radical (unpaired) electrons. The minimum atomic E-state index is -3.54. The number of ether oxygens (including phenoxy) is 2. The SMILES string of the molecule is [2H]C1=C([2H])[C@]([2H])(C)[C@H](CCC2C[C@@H](O)CC(=O)O2)[C@@H]2C1=C([2H])[C@]([2H])(C([2H])([2H])[2H])C([2H])([2H])C2OC(=O)C(C)(CC)C([2H])([2H])[2H]. The molecule has 168 valence electrons. The Bertz CT molecular complexity index is 1210. The van der Waals surface area contributed by atoms with Gasteiger partial charge in [-0.25, -0.2) is 0 Å². The summed E-state index contributed by atoms with van der Waals surface area (Å²) in [5.74, 6) is -10.3. The van der Waals surface area contributed by atoms with Crippen LogP contribution in [-0.2, 0) is 19.1 Å². The molecule has 0 saturated carbocycles. The van der Waals surface area contributed by atoms with Gasteiger partial charge in [-0.3, -0.25) is 9.59 Å². The van der Waals surface area contributed by atoms with Crippen LogP contribution in [0, 0.1) is 29.0 Å². The van der Waals surface area contributed by atoms with Crippen LogP contribution in [0.2, 0.25) is 0 Å². The van der Waals surface area contributed by atoms with Crippen LogP contribution in [0.4, 0.5) is 0 Å². The second kappa shape index (κ2) is 9.25. The predicted octanol–water partition coefficient (Wildman–Crippen LogP) is 4.59. The Hall–Kier alpha value is -1.62. The fourth-order valence-electron chi connectivity index (χ4n) is 3.98. The minimum Gasteiger partial charge on any atom is -0.462 e. The Morgan fingerprint density at radius 3 is 3.00 bits per heavy atom. The number of hydrogen-bond acceptors (Lipinski definition) is 5. The first kappa shape index (κ1) is 11.3. The highest BCUT2D eigenvalue weighted by atomic mass is 16.6. The quantitative estimate of drug-likeness (QED) is 0.623. The second-order valence-corrected chi connectivity index (χ2v) is 8.42. The molecule has 1 saturated heterocycles. The highest BCUT2D eigenvalue weighted by Crippen LogP contribution is 2.45. The van der Waals surface area contributed by atoms with E-state index >= 15 is 0 Å². The van der Waals surface area contributed by atoms with Crippen molar-refractivity contribution in [3.63, 3.8) is 0 Å². The van der Waals surface area contributed by atoms with E-state index in [0.29, 0.717) is 0 Å². The van der Waals surface area contributed by atoms with Crippen molar-refractivity contribution in [2.45, 2.75) is 91.3 Å². The topological polar surface area (TPSA) is 72.8 Å². The van der Waals surface area contributed by atoms with E-state index in [4.69, 9.17) is 27.3 Å². The number of carbonyl (C=O) groups excluding carboxylic acids is 2. The first-order chi connectivity index (χ1) is 19.3. The van der Waals surface area contributed by atoms with Crippen molar-refractivity contribution in [3.05, 3.63) is 23.7 Å². The van der Waals surface area contributed by atoms with Crippen LogP contribution in [0.15, 0.2) is 23.7 Å². The van der Waals surface area contributed by atoms with Crippen molar-refractivity contribution in [2.24, 2.45) is 29.0 Å². The van der Waals surface area contributed by atoms with Gasteiger partial charge in [0.15, 0.2) is 0 Å². The Labute approximate surface area is 199 Å². The molecule has 30 heavy (non-hydrogen) atoms. The highest BCUT2D eigenvalue weighted by molar-refractivity contribution is 5.76. The summed E-state index contributed by atoms with van der Waals surface area (Å²) in [6.07, 6.45) is -8.05. The first-order valence-electron chi connectivity index (χ1n) is 16.8. The van der Waals surface area contributed by atoms with Crippen molar-refractivity contribution in [1.82, 2.24) is 0 Å². The van der Waals surface area contributed by atoms with Gasteiger partial charge in [-0.15, -0.1) is 0 Å². The third-order valence-corrected chi connectivity index (χ3v) is 6.02. The van der Waals surface area contributed by atoms with E-state index < -0.39 is 103 Å². The highest BCUT2D eigenvalue weighted by Gasteiger charge is 2.43. The largest absolute Gasteiger partial charge is 0.462 e. The molecule has 3 aliphatic rings. The summed E-state index contributed by atoms with van der Waals surface area (Å²) in [4.78, 5) is 25.5. The Balaban J connectivity index is 2.28. The van der Waals surface area contributed by atoms with Gasteiger partial charge < -0.3 is 14.6 Å². The van der Waals surface area contributed by atoms with E-state index in [9.17, 15) is 14.7 Å². The maximum Gasteiger partial charge on any atom is 0.311 e. The number of fused-ring (bicyclic) bond motifs is 1. The molecule has 0 spiro atoms. The van der Waals surface area contributed by atoms with E-state index in [1.807, 2.05) is 0 Å². The van der Waals surface area contributed by atoms with E-state index in [-0.39, 0.29) is 32.1 Å². The van der Waals surface area contributed by atoms with Gasteiger partial charge in [0, 0.05) is 26.0 Å². The Kier molecular flexibility index (Phi) is 3.49. The van der Waals surface area contributed by atoms with Crippen LogP contribution in [0.1, 0.15) is 90.8 Å². The molecule has 5 nitrogen and oxygen atoms in total. The number of rotatable bonds is 6. The molecular weight excluding hydrogens is 380 g/mol. The van der Waals surface area contributed by atoms with Crippen molar-refractivity contribution >= 4 is 11.9 Å². The normalized spacial score (nSPS) is 52.9. The molecule has 2 aliphatic carbocycles. The van der Waals surface area contributed by atoms with Crippen LogP contribution in [-0.4, -0.2) is 35.4 Å².